The Bertz CT molecular complexity index is 941. The molecule has 158 valence electrons. The summed E-state index contributed by atoms with van der Waals surface area (Å²) < 4.78 is 33.3. The van der Waals surface area contributed by atoms with Crippen molar-refractivity contribution in [2.24, 2.45) is 0 Å². The third kappa shape index (κ3) is 5.70. The van der Waals surface area contributed by atoms with E-state index in [0.717, 1.165) is 6.26 Å². The summed E-state index contributed by atoms with van der Waals surface area (Å²) in [5.41, 5.74) is 0.127. The van der Waals surface area contributed by atoms with Gasteiger partial charge in [0.15, 0.2) is 11.5 Å². The van der Waals surface area contributed by atoms with Gasteiger partial charge >= 0.3 is 16.1 Å². The van der Waals surface area contributed by atoms with Crippen molar-refractivity contribution in [3.63, 3.8) is 0 Å². The lowest BCUT2D eigenvalue weighted by atomic mass is 10.1. The molecule has 0 aliphatic carbocycles. The predicted molar refractivity (Wildman–Crippen MR) is 105 cm³/mol. The van der Waals surface area contributed by atoms with E-state index in [9.17, 15) is 28.1 Å². The van der Waals surface area contributed by atoms with E-state index >= 15 is 0 Å². The second-order valence-corrected chi connectivity index (χ2v) is 8.66. The second kappa shape index (κ2) is 9.27. The van der Waals surface area contributed by atoms with Crippen molar-refractivity contribution < 1.29 is 31.9 Å². The lowest BCUT2D eigenvalue weighted by Gasteiger charge is -2.40. The van der Waals surface area contributed by atoms with Gasteiger partial charge in [-0.25, -0.2) is 4.79 Å². The molecule has 1 saturated heterocycles. The minimum atomic E-state index is -3.93. The Labute approximate surface area is 172 Å². The van der Waals surface area contributed by atoms with Crippen LogP contribution in [0, 0.1) is 10.1 Å². The van der Waals surface area contributed by atoms with Crippen molar-refractivity contribution in [2.75, 3.05) is 12.5 Å². The highest BCUT2D eigenvalue weighted by atomic mass is 32.2. The van der Waals surface area contributed by atoms with E-state index in [2.05, 4.69) is 0 Å². The monoisotopic (exact) mass is 444 g/mol. The number of thioether (sulfide) groups is 1. The van der Waals surface area contributed by atoms with Gasteiger partial charge in [0.2, 0.25) is 5.91 Å². The van der Waals surface area contributed by atoms with Gasteiger partial charge in [0, 0.05) is 18.6 Å². The molecule has 1 heterocycles. The topological polar surface area (TPSA) is 133 Å². The van der Waals surface area contributed by atoms with Crippen LogP contribution in [0.25, 0.3) is 0 Å². The van der Waals surface area contributed by atoms with Gasteiger partial charge in [-0.3, -0.25) is 19.8 Å². The van der Waals surface area contributed by atoms with Crippen LogP contribution in [0.5, 0.6) is 0 Å². The van der Waals surface area contributed by atoms with Crippen LogP contribution in [0.4, 0.5) is 5.69 Å². The number of carbonyl (C=O) groups is 2. The Morgan fingerprint density at radius 1 is 1.34 bits per heavy atom. The molecule has 1 fully saturated rings. The van der Waals surface area contributed by atoms with Gasteiger partial charge in [-0.1, -0.05) is 6.92 Å². The molecule has 1 amide bonds. The summed E-state index contributed by atoms with van der Waals surface area (Å²) in [6, 6.07) is 5.41. The van der Waals surface area contributed by atoms with E-state index in [0.29, 0.717) is 5.56 Å². The SMILES string of the molecule is CCC(OS(C)(=O)=O)=C(C(=O)OCc1ccc([N+](=O)[O-])cc1)N1C(=O)CC1SC. The molecule has 10 nitrogen and oxygen atoms in total. The number of amides is 1. The highest BCUT2D eigenvalue weighted by molar-refractivity contribution is 7.99. The zero-order valence-corrected chi connectivity index (χ0v) is 17.6. The largest absolute Gasteiger partial charge is 0.456 e. The third-order valence-electron chi connectivity index (χ3n) is 3.97. The Kier molecular flexibility index (Phi) is 7.25. The maximum absolute atomic E-state index is 12.8. The summed E-state index contributed by atoms with van der Waals surface area (Å²) in [7, 11) is -3.93. The number of allylic oxidation sites excluding steroid dienone is 1. The molecule has 2 rings (SSSR count). The van der Waals surface area contributed by atoms with Crippen molar-refractivity contribution in [1.82, 2.24) is 4.90 Å². The number of carbonyl (C=O) groups excluding carboxylic acids is 2. The first-order chi connectivity index (χ1) is 13.6. The molecular formula is C17H20N2O8S2. The molecule has 1 aromatic carbocycles. The van der Waals surface area contributed by atoms with Crippen LogP contribution in [-0.4, -0.2) is 48.0 Å². The number of esters is 1. The average Bonchev–Trinajstić information content (AvgIpc) is 2.65. The fourth-order valence-electron chi connectivity index (χ4n) is 2.57. The predicted octanol–water partition coefficient (Wildman–Crippen LogP) is 2.16. The Morgan fingerprint density at radius 2 is 1.97 bits per heavy atom. The van der Waals surface area contributed by atoms with Crippen molar-refractivity contribution >= 4 is 39.4 Å². The summed E-state index contributed by atoms with van der Waals surface area (Å²) in [5, 5.41) is 10.4. The minimum absolute atomic E-state index is 0.0416. The van der Waals surface area contributed by atoms with E-state index in [1.54, 1.807) is 13.2 Å². The van der Waals surface area contributed by atoms with Crippen LogP contribution in [0.2, 0.25) is 0 Å². The van der Waals surface area contributed by atoms with Crippen LogP contribution in [0.15, 0.2) is 35.7 Å². The van der Waals surface area contributed by atoms with E-state index in [1.807, 2.05) is 0 Å². The van der Waals surface area contributed by atoms with E-state index < -0.39 is 21.0 Å². The molecule has 1 unspecified atom stereocenters. The first-order valence-corrected chi connectivity index (χ1v) is 11.6. The van der Waals surface area contributed by atoms with Crippen LogP contribution in [0.3, 0.4) is 0 Å². The number of hydrogen-bond donors (Lipinski definition) is 0. The molecule has 0 spiro atoms. The standard InChI is InChI=1S/C17H20N2O8S2/c1-4-13(27-29(3,24)25)16(18-14(20)9-15(18)28-2)17(21)26-10-11-5-7-12(8-6-11)19(22)23/h5-8,15H,4,9-10H2,1-3H3. The van der Waals surface area contributed by atoms with Gasteiger partial charge in [0.1, 0.15) is 6.61 Å². The summed E-state index contributed by atoms with van der Waals surface area (Å²) in [6.07, 6.45) is 2.84. The molecule has 0 aromatic heterocycles. The molecule has 1 aliphatic rings. The number of hydrogen-bond acceptors (Lipinski definition) is 9. The van der Waals surface area contributed by atoms with Crippen molar-refractivity contribution in [3.05, 3.63) is 51.4 Å². The fourth-order valence-corrected chi connectivity index (χ4v) is 3.88. The number of ether oxygens (including phenoxy) is 1. The molecule has 12 heteroatoms. The molecule has 0 radical (unpaired) electrons. The average molecular weight is 444 g/mol. The van der Waals surface area contributed by atoms with Crippen molar-refractivity contribution in [2.45, 2.75) is 31.7 Å². The number of non-ortho nitro benzene ring substituents is 1. The fraction of sp³-hybridized carbons (Fsp3) is 0.412. The Morgan fingerprint density at radius 3 is 2.41 bits per heavy atom. The Balaban J connectivity index is 2.29. The molecular weight excluding hydrogens is 424 g/mol. The van der Waals surface area contributed by atoms with E-state index in [-0.39, 0.29) is 47.9 Å². The molecule has 0 saturated carbocycles. The van der Waals surface area contributed by atoms with E-state index in [4.69, 9.17) is 8.92 Å². The summed E-state index contributed by atoms with van der Waals surface area (Å²) in [5.74, 6) is -1.46. The second-order valence-electron chi connectivity index (χ2n) is 6.07. The highest BCUT2D eigenvalue weighted by Gasteiger charge is 2.43. The van der Waals surface area contributed by atoms with Gasteiger partial charge < -0.3 is 8.92 Å². The Hall–Kier alpha value is -2.60. The zero-order chi connectivity index (χ0) is 21.8. The summed E-state index contributed by atoms with van der Waals surface area (Å²) in [4.78, 5) is 36.2. The summed E-state index contributed by atoms with van der Waals surface area (Å²) in [6.45, 7) is 1.37. The lowest BCUT2D eigenvalue weighted by molar-refractivity contribution is -0.384. The van der Waals surface area contributed by atoms with Gasteiger partial charge in [-0.05, 0) is 24.0 Å². The van der Waals surface area contributed by atoms with Crippen molar-refractivity contribution in [1.29, 1.82) is 0 Å². The number of benzene rings is 1. The van der Waals surface area contributed by atoms with Gasteiger partial charge in [-0.15, -0.1) is 11.8 Å². The number of nitrogens with zero attached hydrogens (tertiary/aromatic N) is 2. The highest BCUT2D eigenvalue weighted by Crippen LogP contribution is 2.34. The maximum Gasteiger partial charge on any atom is 0.359 e. The number of rotatable bonds is 9. The lowest BCUT2D eigenvalue weighted by Crippen LogP contribution is -2.52. The normalized spacial score (nSPS) is 17.3. The van der Waals surface area contributed by atoms with Crippen LogP contribution >= 0.6 is 11.8 Å². The third-order valence-corrected chi connectivity index (χ3v) is 5.39. The summed E-state index contributed by atoms with van der Waals surface area (Å²) >= 11 is 1.33. The molecule has 1 atom stereocenters. The minimum Gasteiger partial charge on any atom is -0.456 e. The molecule has 29 heavy (non-hydrogen) atoms. The molecule has 0 bridgehead atoms. The number of β-lactam (4-membered cyclic amide) rings is 1. The van der Waals surface area contributed by atoms with Gasteiger partial charge in [-0.2, -0.15) is 8.42 Å². The molecule has 0 N–H and O–H groups in total. The van der Waals surface area contributed by atoms with Crippen LogP contribution in [0.1, 0.15) is 25.3 Å². The van der Waals surface area contributed by atoms with Crippen LogP contribution < -0.4 is 0 Å². The quantitative estimate of drug-likeness (QED) is 0.107. The maximum atomic E-state index is 12.8. The molecule has 1 aromatic rings. The van der Waals surface area contributed by atoms with E-state index in [1.165, 1.54) is 40.9 Å². The zero-order valence-electron chi connectivity index (χ0n) is 16.0. The number of likely N-dealkylation sites (tertiary alicyclic amines) is 1. The number of nitro benzene ring substituents is 1. The number of nitro groups is 1. The first-order valence-electron chi connectivity index (χ1n) is 8.45. The van der Waals surface area contributed by atoms with Crippen LogP contribution in [-0.2, 0) is 35.2 Å². The first kappa shape index (κ1) is 22.7. The smallest absolute Gasteiger partial charge is 0.359 e. The van der Waals surface area contributed by atoms with Gasteiger partial charge in [0.25, 0.3) is 5.69 Å². The van der Waals surface area contributed by atoms with Crippen molar-refractivity contribution in [3.8, 4) is 0 Å². The van der Waals surface area contributed by atoms with Gasteiger partial charge in [0.05, 0.1) is 23.0 Å². The molecule has 1 aliphatic heterocycles.